The lowest BCUT2D eigenvalue weighted by molar-refractivity contribution is 0.622. The van der Waals surface area contributed by atoms with Gasteiger partial charge in [-0.2, -0.15) is 0 Å². The number of halogens is 1. The van der Waals surface area contributed by atoms with Crippen molar-refractivity contribution in [2.75, 3.05) is 5.73 Å². The lowest BCUT2D eigenvalue weighted by Gasteiger charge is -1.90. The van der Waals surface area contributed by atoms with Crippen molar-refractivity contribution in [1.29, 1.82) is 0 Å². The molecule has 0 aliphatic heterocycles. The van der Waals surface area contributed by atoms with E-state index in [-0.39, 0.29) is 0 Å². The molecule has 16 heavy (non-hydrogen) atoms. The second kappa shape index (κ2) is 3.50. The van der Waals surface area contributed by atoms with Gasteiger partial charge in [0.1, 0.15) is 10.4 Å². The minimum absolute atomic E-state index is 0.546. The van der Waals surface area contributed by atoms with Gasteiger partial charge in [0.15, 0.2) is 5.58 Å². The number of thiophene rings is 1. The monoisotopic (exact) mass is 250 g/mol. The number of nitrogen functional groups attached to an aromatic ring is 1. The van der Waals surface area contributed by atoms with E-state index in [1.807, 2.05) is 17.5 Å². The molecule has 2 aromatic heterocycles. The molecule has 0 spiro atoms. The number of nitrogens with zero attached hydrogens (tertiary/aromatic N) is 1. The fourth-order valence-corrected chi connectivity index (χ4v) is 2.39. The smallest absolute Gasteiger partial charge is 0.239 e. The Morgan fingerprint density at radius 1 is 1.31 bits per heavy atom. The van der Waals surface area contributed by atoms with Crippen LogP contribution in [0, 0.1) is 0 Å². The third kappa shape index (κ3) is 1.47. The van der Waals surface area contributed by atoms with Crippen LogP contribution in [0.1, 0.15) is 0 Å². The van der Waals surface area contributed by atoms with E-state index in [0.29, 0.717) is 22.2 Å². The molecule has 0 saturated heterocycles. The Kier molecular flexibility index (Phi) is 2.12. The van der Waals surface area contributed by atoms with Crippen LogP contribution < -0.4 is 5.73 Å². The van der Waals surface area contributed by atoms with Crippen LogP contribution in [0.4, 0.5) is 5.69 Å². The Bertz CT molecular complexity index is 659. The van der Waals surface area contributed by atoms with Crippen LogP contribution in [0.5, 0.6) is 0 Å². The first-order valence-corrected chi connectivity index (χ1v) is 5.89. The van der Waals surface area contributed by atoms with E-state index < -0.39 is 0 Å². The van der Waals surface area contributed by atoms with Crippen LogP contribution in [0.25, 0.3) is 21.9 Å². The summed E-state index contributed by atoms with van der Waals surface area (Å²) < 4.78 is 5.61. The third-order valence-electron chi connectivity index (χ3n) is 2.24. The second-order valence-electron chi connectivity index (χ2n) is 3.34. The Hall–Kier alpha value is -1.52. The zero-order valence-electron chi connectivity index (χ0n) is 8.11. The third-order valence-corrected chi connectivity index (χ3v) is 3.39. The SMILES string of the molecule is Nc1ccsc1-c1nc2ccc(Cl)cc2o1. The van der Waals surface area contributed by atoms with Crippen molar-refractivity contribution in [3.8, 4) is 10.8 Å². The first-order valence-electron chi connectivity index (χ1n) is 4.63. The second-order valence-corrected chi connectivity index (χ2v) is 4.69. The first-order chi connectivity index (χ1) is 7.74. The van der Waals surface area contributed by atoms with E-state index >= 15 is 0 Å². The number of rotatable bonds is 1. The molecular formula is C11H7ClN2OS. The van der Waals surface area contributed by atoms with Crippen LogP contribution in [0.15, 0.2) is 34.1 Å². The standard InChI is InChI=1S/C11H7ClN2OS/c12-6-1-2-8-9(5-6)15-11(14-8)10-7(13)3-4-16-10/h1-5H,13H2. The number of hydrogen-bond donors (Lipinski definition) is 1. The van der Waals surface area contributed by atoms with E-state index in [2.05, 4.69) is 4.98 Å². The fourth-order valence-electron chi connectivity index (χ4n) is 1.49. The van der Waals surface area contributed by atoms with E-state index in [1.165, 1.54) is 11.3 Å². The number of benzene rings is 1. The Morgan fingerprint density at radius 3 is 2.94 bits per heavy atom. The molecule has 3 rings (SSSR count). The molecule has 3 aromatic rings. The number of aromatic nitrogens is 1. The summed E-state index contributed by atoms with van der Waals surface area (Å²) in [4.78, 5) is 5.22. The predicted octanol–water partition coefficient (Wildman–Crippen LogP) is 3.79. The van der Waals surface area contributed by atoms with Crippen LogP contribution in [0.2, 0.25) is 5.02 Å². The molecule has 5 heteroatoms. The zero-order valence-corrected chi connectivity index (χ0v) is 9.68. The topological polar surface area (TPSA) is 52.0 Å². The molecule has 1 aromatic carbocycles. The maximum atomic E-state index is 5.87. The minimum atomic E-state index is 0.546. The number of nitrogens with two attached hydrogens (primary N) is 1. The van der Waals surface area contributed by atoms with Gasteiger partial charge in [0.25, 0.3) is 0 Å². The van der Waals surface area contributed by atoms with Gasteiger partial charge in [0, 0.05) is 11.1 Å². The number of oxazole rings is 1. The molecule has 2 N–H and O–H groups in total. The molecule has 0 fully saturated rings. The molecule has 0 unspecified atom stereocenters. The number of fused-ring (bicyclic) bond motifs is 1. The highest BCUT2D eigenvalue weighted by Crippen LogP contribution is 2.33. The van der Waals surface area contributed by atoms with Gasteiger partial charge in [-0.15, -0.1) is 11.3 Å². The molecule has 0 bridgehead atoms. The van der Waals surface area contributed by atoms with E-state index in [0.717, 1.165) is 10.4 Å². The Labute approximate surface area is 100 Å². The quantitative estimate of drug-likeness (QED) is 0.715. The van der Waals surface area contributed by atoms with Gasteiger partial charge in [-0.1, -0.05) is 11.6 Å². The van der Waals surface area contributed by atoms with E-state index in [9.17, 15) is 0 Å². The average Bonchev–Trinajstić information content (AvgIpc) is 2.82. The van der Waals surface area contributed by atoms with Gasteiger partial charge < -0.3 is 10.2 Å². The summed E-state index contributed by atoms with van der Waals surface area (Å²) in [6, 6.07) is 7.20. The van der Waals surface area contributed by atoms with Gasteiger partial charge in [-0.3, -0.25) is 0 Å². The van der Waals surface area contributed by atoms with Gasteiger partial charge in [0.05, 0.1) is 5.69 Å². The predicted molar refractivity (Wildman–Crippen MR) is 66.7 cm³/mol. The van der Waals surface area contributed by atoms with Gasteiger partial charge >= 0.3 is 0 Å². The number of hydrogen-bond acceptors (Lipinski definition) is 4. The van der Waals surface area contributed by atoms with Crippen LogP contribution >= 0.6 is 22.9 Å². The summed E-state index contributed by atoms with van der Waals surface area (Å²) in [5, 5.41) is 2.54. The molecule has 80 valence electrons. The largest absolute Gasteiger partial charge is 0.435 e. The highest BCUT2D eigenvalue weighted by Gasteiger charge is 2.12. The number of anilines is 1. The summed E-state index contributed by atoms with van der Waals surface area (Å²) in [6.45, 7) is 0. The maximum Gasteiger partial charge on any atom is 0.239 e. The van der Waals surface area contributed by atoms with Crippen molar-refractivity contribution in [3.05, 3.63) is 34.7 Å². The Balaban J connectivity index is 2.23. The Morgan fingerprint density at radius 2 is 2.19 bits per heavy atom. The highest BCUT2D eigenvalue weighted by molar-refractivity contribution is 7.14. The zero-order chi connectivity index (χ0) is 11.1. The van der Waals surface area contributed by atoms with Crippen molar-refractivity contribution in [2.45, 2.75) is 0 Å². The van der Waals surface area contributed by atoms with Gasteiger partial charge in [-0.25, -0.2) is 4.98 Å². The molecule has 0 aliphatic carbocycles. The summed E-state index contributed by atoms with van der Waals surface area (Å²) in [5.41, 5.74) is 7.95. The molecule has 0 amide bonds. The lowest BCUT2D eigenvalue weighted by atomic mass is 10.3. The minimum Gasteiger partial charge on any atom is -0.435 e. The van der Waals surface area contributed by atoms with Crippen molar-refractivity contribution < 1.29 is 4.42 Å². The molecule has 0 radical (unpaired) electrons. The maximum absolute atomic E-state index is 5.87. The molecule has 0 atom stereocenters. The fraction of sp³-hybridized carbons (Fsp3) is 0. The summed E-state index contributed by atoms with van der Waals surface area (Å²) in [7, 11) is 0. The first kappa shape index (κ1) is 9.69. The molecular weight excluding hydrogens is 244 g/mol. The normalized spacial score (nSPS) is 11.1. The molecule has 2 heterocycles. The molecule has 0 saturated carbocycles. The summed E-state index contributed by atoms with van der Waals surface area (Å²) >= 11 is 7.38. The summed E-state index contributed by atoms with van der Waals surface area (Å²) in [5.74, 6) is 0.546. The van der Waals surface area contributed by atoms with E-state index in [4.69, 9.17) is 21.8 Å². The average molecular weight is 251 g/mol. The van der Waals surface area contributed by atoms with Crippen molar-refractivity contribution in [1.82, 2.24) is 4.98 Å². The van der Waals surface area contributed by atoms with Crippen LogP contribution in [-0.2, 0) is 0 Å². The summed E-state index contributed by atoms with van der Waals surface area (Å²) in [6.07, 6.45) is 0. The van der Waals surface area contributed by atoms with Gasteiger partial charge in [0.2, 0.25) is 5.89 Å². The van der Waals surface area contributed by atoms with Crippen LogP contribution in [-0.4, -0.2) is 4.98 Å². The van der Waals surface area contributed by atoms with Crippen molar-refractivity contribution in [3.63, 3.8) is 0 Å². The molecule has 0 aliphatic rings. The lowest BCUT2D eigenvalue weighted by Crippen LogP contribution is -1.83. The highest BCUT2D eigenvalue weighted by atomic mass is 35.5. The van der Waals surface area contributed by atoms with Crippen molar-refractivity contribution >= 4 is 39.7 Å². The van der Waals surface area contributed by atoms with Crippen LogP contribution in [0.3, 0.4) is 0 Å². The van der Waals surface area contributed by atoms with Crippen molar-refractivity contribution in [2.24, 2.45) is 0 Å². The molecule has 3 nitrogen and oxygen atoms in total. The van der Waals surface area contributed by atoms with Gasteiger partial charge in [-0.05, 0) is 23.6 Å². The van der Waals surface area contributed by atoms with E-state index in [1.54, 1.807) is 12.1 Å².